The fourth-order valence-corrected chi connectivity index (χ4v) is 1.50. The van der Waals surface area contributed by atoms with Crippen molar-refractivity contribution in [2.75, 3.05) is 32.6 Å². The maximum Gasteiger partial charge on any atom is 0.119 e. The van der Waals surface area contributed by atoms with E-state index in [9.17, 15) is 0 Å². The molecule has 1 aromatic carbocycles. The van der Waals surface area contributed by atoms with E-state index in [0.29, 0.717) is 6.04 Å². The van der Waals surface area contributed by atoms with E-state index in [4.69, 9.17) is 4.74 Å². The number of hydrogen-bond donors (Lipinski definition) is 1. The van der Waals surface area contributed by atoms with Crippen molar-refractivity contribution in [1.29, 1.82) is 0 Å². The third-order valence-electron chi connectivity index (χ3n) is 2.90. The van der Waals surface area contributed by atoms with Gasteiger partial charge in [-0.1, -0.05) is 0 Å². The first-order valence-electron chi connectivity index (χ1n) is 5.70. The molecule has 0 aliphatic heterocycles. The quantitative estimate of drug-likeness (QED) is 0.798. The minimum atomic E-state index is 0.556. The fourth-order valence-electron chi connectivity index (χ4n) is 1.50. The van der Waals surface area contributed by atoms with Gasteiger partial charge in [0, 0.05) is 25.3 Å². The fraction of sp³-hybridized carbons (Fsp3) is 0.538. The van der Waals surface area contributed by atoms with Gasteiger partial charge in [0.2, 0.25) is 0 Å². The zero-order valence-corrected chi connectivity index (χ0v) is 10.7. The van der Waals surface area contributed by atoms with Crippen LogP contribution in [0.5, 0.6) is 5.75 Å². The molecule has 1 atom stereocenters. The third kappa shape index (κ3) is 3.74. The number of nitrogens with one attached hydrogen (secondary N) is 1. The highest BCUT2D eigenvalue weighted by Gasteiger charge is 2.03. The highest BCUT2D eigenvalue weighted by atomic mass is 16.5. The second kappa shape index (κ2) is 6.38. The first-order chi connectivity index (χ1) is 7.67. The van der Waals surface area contributed by atoms with E-state index in [-0.39, 0.29) is 0 Å². The SMILES string of the molecule is CNC(C)CCN(C)c1ccc(OC)cc1. The highest BCUT2D eigenvalue weighted by Crippen LogP contribution is 2.18. The van der Waals surface area contributed by atoms with Crippen LogP contribution in [0.15, 0.2) is 24.3 Å². The van der Waals surface area contributed by atoms with Crippen molar-refractivity contribution in [3.63, 3.8) is 0 Å². The lowest BCUT2D eigenvalue weighted by Crippen LogP contribution is -2.28. The zero-order valence-electron chi connectivity index (χ0n) is 10.7. The van der Waals surface area contributed by atoms with Crippen LogP contribution in [-0.2, 0) is 0 Å². The molecule has 0 heterocycles. The average molecular weight is 222 g/mol. The molecule has 0 aliphatic carbocycles. The normalized spacial score (nSPS) is 12.2. The van der Waals surface area contributed by atoms with Crippen LogP contribution >= 0.6 is 0 Å². The van der Waals surface area contributed by atoms with Gasteiger partial charge in [-0.2, -0.15) is 0 Å². The molecule has 0 bridgehead atoms. The molecule has 90 valence electrons. The van der Waals surface area contributed by atoms with Gasteiger partial charge in [0.1, 0.15) is 5.75 Å². The molecule has 0 radical (unpaired) electrons. The molecular weight excluding hydrogens is 200 g/mol. The molecule has 16 heavy (non-hydrogen) atoms. The van der Waals surface area contributed by atoms with Crippen LogP contribution in [-0.4, -0.2) is 33.8 Å². The molecule has 1 aromatic rings. The van der Waals surface area contributed by atoms with Crippen molar-refractivity contribution in [3.05, 3.63) is 24.3 Å². The van der Waals surface area contributed by atoms with Crippen molar-refractivity contribution in [2.24, 2.45) is 0 Å². The van der Waals surface area contributed by atoms with Gasteiger partial charge in [0.15, 0.2) is 0 Å². The molecule has 3 nitrogen and oxygen atoms in total. The van der Waals surface area contributed by atoms with Crippen molar-refractivity contribution in [2.45, 2.75) is 19.4 Å². The van der Waals surface area contributed by atoms with Gasteiger partial charge in [-0.15, -0.1) is 0 Å². The third-order valence-corrected chi connectivity index (χ3v) is 2.90. The summed E-state index contributed by atoms with van der Waals surface area (Å²) in [4.78, 5) is 2.26. The number of methoxy groups -OCH3 is 1. The molecule has 0 amide bonds. The second-order valence-electron chi connectivity index (χ2n) is 4.10. The Labute approximate surface area is 98.4 Å². The Hall–Kier alpha value is -1.22. The van der Waals surface area contributed by atoms with Gasteiger partial charge in [0.05, 0.1) is 7.11 Å². The van der Waals surface area contributed by atoms with E-state index in [0.717, 1.165) is 18.7 Å². The maximum absolute atomic E-state index is 5.14. The molecule has 1 rings (SSSR count). The minimum Gasteiger partial charge on any atom is -0.497 e. The molecule has 1 unspecified atom stereocenters. The van der Waals surface area contributed by atoms with Gasteiger partial charge in [-0.3, -0.25) is 0 Å². The van der Waals surface area contributed by atoms with Crippen LogP contribution in [0.2, 0.25) is 0 Å². The van der Waals surface area contributed by atoms with Gasteiger partial charge in [0.25, 0.3) is 0 Å². The number of rotatable bonds is 6. The van der Waals surface area contributed by atoms with Crippen LogP contribution in [0.4, 0.5) is 5.69 Å². The van der Waals surface area contributed by atoms with Gasteiger partial charge < -0.3 is 15.0 Å². The summed E-state index contributed by atoms with van der Waals surface area (Å²) >= 11 is 0. The lowest BCUT2D eigenvalue weighted by atomic mass is 10.2. The van der Waals surface area contributed by atoms with Crippen LogP contribution < -0.4 is 15.0 Å². The average Bonchev–Trinajstić information content (AvgIpc) is 2.35. The number of benzene rings is 1. The summed E-state index contributed by atoms with van der Waals surface area (Å²) in [5.74, 6) is 0.903. The summed E-state index contributed by atoms with van der Waals surface area (Å²) in [7, 11) is 5.80. The molecule has 0 fully saturated rings. The first-order valence-corrected chi connectivity index (χ1v) is 5.70. The van der Waals surface area contributed by atoms with Crippen LogP contribution in [0.25, 0.3) is 0 Å². The summed E-state index contributed by atoms with van der Waals surface area (Å²) in [5.41, 5.74) is 1.23. The summed E-state index contributed by atoms with van der Waals surface area (Å²) in [5, 5.41) is 3.24. The largest absolute Gasteiger partial charge is 0.497 e. The summed E-state index contributed by atoms with van der Waals surface area (Å²) < 4.78 is 5.14. The standard InChI is InChI=1S/C13H22N2O/c1-11(14-2)9-10-15(3)12-5-7-13(16-4)8-6-12/h5-8,11,14H,9-10H2,1-4H3. The Kier molecular flexibility index (Phi) is 5.12. The minimum absolute atomic E-state index is 0.556. The van der Waals surface area contributed by atoms with Crippen molar-refractivity contribution in [1.82, 2.24) is 5.32 Å². The first kappa shape index (κ1) is 12.8. The molecule has 0 spiro atoms. The summed E-state index contributed by atoms with van der Waals surface area (Å²) in [6.45, 7) is 3.25. The van der Waals surface area contributed by atoms with Gasteiger partial charge >= 0.3 is 0 Å². The summed E-state index contributed by atoms with van der Waals surface area (Å²) in [6, 6.07) is 8.72. The van der Waals surface area contributed by atoms with Crippen molar-refractivity contribution >= 4 is 5.69 Å². The van der Waals surface area contributed by atoms with E-state index in [1.807, 2.05) is 19.2 Å². The van der Waals surface area contributed by atoms with E-state index >= 15 is 0 Å². The van der Waals surface area contributed by atoms with Gasteiger partial charge in [-0.25, -0.2) is 0 Å². The lowest BCUT2D eigenvalue weighted by Gasteiger charge is -2.21. The Morgan fingerprint density at radius 3 is 2.44 bits per heavy atom. The van der Waals surface area contributed by atoms with Crippen LogP contribution in [0, 0.1) is 0 Å². The van der Waals surface area contributed by atoms with E-state index in [2.05, 4.69) is 36.3 Å². The number of anilines is 1. The molecule has 0 saturated carbocycles. The summed E-state index contributed by atoms with van der Waals surface area (Å²) in [6.07, 6.45) is 1.14. The molecule has 3 heteroatoms. The molecule has 0 aromatic heterocycles. The predicted octanol–water partition coefficient (Wildman–Crippen LogP) is 2.13. The van der Waals surface area contributed by atoms with E-state index in [1.54, 1.807) is 7.11 Å². The maximum atomic E-state index is 5.14. The molecular formula is C13H22N2O. The number of ether oxygens (including phenoxy) is 1. The zero-order chi connectivity index (χ0) is 12.0. The van der Waals surface area contributed by atoms with Gasteiger partial charge in [-0.05, 0) is 44.7 Å². The van der Waals surface area contributed by atoms with E-state index < -0.39 is 0 Å². The Balaban J connectivity index is 2.49. The molecule has 0 saturated heterocycles. The van der Waals surface area contributed by atoms with E-state index in [1.165, 1.54) is 5.69 Å². The predicted molar refractivity (Wildman–Crippen MR) is 69.4 cm³/mol. The Morgan fingerprint density at radius 2 is 1.94 bits per heavy atom. The monoisotopic (exact) mass is 222 g/mol. The highest BCUT2D eigenvalue weighted by molar-refractivity contribution is 5.48. The van der Waals surface area contributed by atoms with Crippen molar-refractivity contribution < 1.29 is 4.74 Å². The van der Waals surface area contributed by atoms with Crippen LogP contribution in [0.1, 0.15) is 13.3 Å². The van der Waals surface area contributed by atoms with Crippen molar-refractivity contribution in [3.8, 4) is 5.75 Å². The second-order valence-corrected chi connectivity index (χ2v) is 4.10. The number of nitrogens with zero attached hydrogens (tertiary/aromatic N) is 1. The molecule has 0 aliphatic rings. The smallest absolute Gasteiger partial charge is 0.119 e. The Bertz CT molecular complexity index is 297. The molecule has 1 N–H and O–H groups in total. The topological polar surface area (TPSA) is 24.5 Å². The van der Waals surface area contributed by atoms with Crippen LogP contribution in [0.3, 0.4) is 0 Å². The number of hydrogen-bond acceptors (Lipinski definition) is 3. The Morgan fingerprint density at radius 1 is 1.31 bits per heavy atom. The lowest BCUT2D eigenvalue weighted by molar-refractivity contribution is 0.415.